The van der Waals surface area contributed by atoms with Crippen LogP contribution in [-0.2, 0) is 32.6 Å². The van der Waals surface area contributed by atoms with Crippen LogP contribution in [0.15, 0.2) is 73.1 Å². The first-order valence-electron chi connectivity index (χ1n) is 17.9. The van der Waals surface area contributed by atoms with Crippen molar-refractivity contribution in [3.8, 4) is 22.5 Å². The van der Waals surface area contributed by atoms with Gasteiger partial charge in [-0.3, -0.25) is 14.4 Å². The van der Waals surface area contributed by atoms with Gasteiger partial charge in [-0.1, -0.05) is 82.6 Å². The van der Waals surface area contributed by atoms with Crippen LogP contribution in [0.4, 0.5) is 0 Å². The SMILES string of the molecule is CC[C@H]1CC[C@H](c2ccc(-c3cnc(-c4ccc(C[C@H](NC(=O)Cc5ccc(C(C)(C)C)s5)C(=O)N5CC(C(=O)O)C5)cc4)nc3)cc2)CC1. The molecule has 1 atom stereocenters. The molecular weight excluding hydrogens is 645 g/mol. The molecule has 8 nitrogen and oxygen atoms in total. The third-order valence-corrected chi connectivity index (χ3v) is 11.9. The van der Waals surface area contributed by atoms with E-state index in [2.05, 4.69) is 73.3 Å². The van der Waals surface area contributed by atoms with Crippen molar-refractivity contribution < 1.29 is 19.5 Å². The number of carboxylic acid groups (broad SMARTS) is 1. The molecule has 2 aliphatic rings. The quantitative estimate of drug-likeness (QED) is 0.167. The second-order valence-corrected chi connectivity index (χ2v) is 16.2. The predicted molar refractivity (Wildman–Crippen MR) is 198 cm³/mol. The van der Waals surface area contributed by atoms with Crippen molar-refractivity contribution in [3.63, 3.8) is 0 Å². The van der Waals surface area contributed by atoms with Crippen molar-refractivity contribution in [2.24, 2.45) is 11.8 Å². The Morgan fingerprint density at radius 3 is 2.10 bits per heavy atom. The molecule has 1 saturated heterocycles. The van der Waals surface area contributed by atoms with Crippen molar-refractivity contribution in [2.75, 3.05) is 13.1 Å². The zero-order valence-corrected chi connectivity index (χ0v) is 30.3. The third-order valence-electron chi connectivity index (χ3n) is 10.4. The molecule has 2 fully saturated rings. The lowest BCUT2D eigenvalue weighted by Crippen LogP contribution is -2.59. The van der Waals surface area contributed by atoms with Gasteiger partial charge >= 0.3 is 5.97 Å². The Hall–Kier alpha value is -4.37. The summed E-state index contributed by atoms with van der Waals surface area (Å²) >= 11 is 1.61. The number of carboxylic acids is 1. The number of hydrogen-bond donors (Lipinski definition) is 2. The summed E-state index contributed by atoms with van der Waals surface area (Å²) in [4.78, 5) is 51.0. The van der Waals surface area contributed by atoms with E-state index in [1.54, 1.807) is 11.3 Å². The summed E-state index contributed by atoms with van der Waals surface area (Å²) in [6.45, 7) is 9.02. The summed E-state index contributed by atoms with van der Waals surface area (Å²) in [6, 6.07) is 19.8. The van der Waals surface area contributed by atoms with E-state index in [0.717, 1.165) is 33.0 Å². The van der Waals surface area contributed by atoms with Gasteiger partial charge in [-0.25, -0.2) is 9.97 Å². The lowest BCUT2D eigenvalue weighted by Gasteiger charge is -2.39. The van der Waals surface area contributed by atoms with Crippen LogP contribution < -0.4 is 5.32 Å². The van der Waals surface area contributed by atoms with Crippen LogP contribution >= 0.6 is 11.3 Å². The van der Waals surface area contributed by atoms with E-state index in [1.807, 2.05) is 42.7 Å². The lowest BCUT2D eigenvalue weighted by molar-refractivity contribution is -0.154. The molecule has 2 aromatic carbocycles. The average Bonchev–Trinajstić information content (AvgIpc) is 3.57. The number of carbonyl (C=O) groups excluding carboxylic acids is 2. The summed E-state index contributed by atoms with van der Waals surface area (Å²) in [7, 11) is 0. The number of aromatic nitrogens is 2. The van der Waals surface area contributed by atoms with Gasteiger partial charge in [0.25, 0.3) is 0 Å². The van der Waals surface area contributed by atoms with E-state index in [9.17, 15) is 19.5 Å². The fraction of sp³-hybridized carbons (Fsp3) is 0.439. The van der Waals surface area contributed by atoms with Crippen molar-refractivity contribution in [1.82, 2.24) is 20.2 Å². The van der Waals surface area contributed by atoms with Gasteiger partial charge in [0.2, 0.25) is 11.8 Å². The largest absolute Gasteiger partial charge is 0.481 e. The van der Waals surface area contributed by atoms with Gasteiger partial charge in [-0.2, -0.15) is 0 Å². The number of nitrogens with one attached hydrogen (secondary N) is 1. The maximum Gasteiger partial charge on any atom is 0.310 e. The summed E-state index contributed by atoms with van der Waals surface area (Å²) in [5.41, 5.74) is 5.21. The first-order chi connectivity index (χ1) is 24.0. The number of benzene rings is 2. The van der Waals surface area contributed by atoms with Gasteiger partial charge in [0.1, 0.15) is 6.04 Å². The fourth-order valence-corrected chi connectivity index (χ4v) is 8.08. The second-order valence-electron chi connectivity index (χ2n) is 15.0. The smallest absolute Gasteiger partial charge is 0.310 e. The first-order valence-corrected chi connectivity index (χ1v) is 18.7. The molecule has 2 amide bonds. The predicted octanol–water partition coefficient (Wildman–Crippen LogP) is 7.67. The molecular formula is C41H48N4O4S. The van der Waals surface area contributed by atoms with E-state index >= 15 is 0 Å². The number of carbonyl (C=O) groups is 3. The Bertz CT molecular complexity index is 1780. The molecule has 4 aromatic rings. The molecule has 3 heterocycles. The van der Waals surface area contributed by atoms with Gasteiger partial charge in [0.15, 0.2) is 5.82 Å². The minimum Gasteiger partial charge on any atom is -0.481 e. The highest BCUT2D eigenvalue weighted by molar-refractivity contribution is 7.12. The Balaban J connectivity index is 1.09. The number of aliphatic carboxylic acids is 1. The molecule has 2 N–H and O–H groups in total. The van der Waals surface area contributed by atoms with Crippen LogP contribution in [0, 0.1) is 11.8 Å². The highest BCUT2D eigenvalue weighted by Gasteiger charge is 2.38. The Labute approximate surface area is 299 Å². The standard InChI is InChI=1S/C41H48N4O4S/c1-5-26-6-10-28(11-7-26)29-14-16-30(17-15-29)32-22-42-38(43-23-32)31-12-8-27(9-13-31)20-35(39(47)45-24-33(25-45)40(48)49)44-37(46)21-34-18-19-36(50-34)41(2,3)4/h8-9,12-19,22-23,26,28,33,35H,5-7,10-11,20-21,24-25H2,1-4H3,(H,44,46)(H,48,49)/t26-,28-,35-/m0/s1. The number of rotatable bonds is 11. The van der Waals surface area contributed by atoms with Crippen LogP contribution in [0.25, 0.3) is 22.5 Å². The highest BCUT2D eigenvalue weighted by Crippen LogP contribution is 2.37. The van der Waals surface area contributed by atoms with Crippen LogP contribution in [-0.4, -0.2) is 56.9 Å². The molecule has 6 rings (SSSR count). The van der Waals surface area contributed by atoms with Crippen molar-refractivity contribution in [1.29, 1.82) is 0 Å². The topological polar surface area (TPSA) is 112 Å². The fourth-order valence-electron chi connectivity index (χ4n) is 7.02. The zero-order valence-electron chi connectivity index (χ0n) is 29.5. The van der Waals surface area contributed by atoms with E-state index in [1.165, 1.54) is 47.4 Å². The summed E-state index contributed by atoms with van der Waals surface area (Å²) < 4.78 is 0. The van der Waals surface area contributed by atoms with Crippen LogP contribution in [0.1, 0.15) is 86.6 Å². The molecule has 0 radical (unpaired) electrons. The Morgan fingerprint density at radius 1 is 0.880 bits per heavy atom. The number of hydrogen-bond acceptors (Lipinski definition) is 6. The van der Waals surface area contributed by atoms with Crippen LogP contribution in [0.3, 0.4) is 0 Å². The van der Waals surface area contributed by atoms with E-state index in [4.69, 9.17) is 0 Å². The second kappa shape index (κ2) is 15.3. The number of amides is 2. The van der Waals surface area contributed by atoms with Gasteiger partial charge in [0.05, 0.1) is 12.3 Å². The number of likely N-dealkylation sites (tertiary alicyclic amines) is 1. The Kier molecular flexibility index (Phi) is 10.8. The molecule has 0 spiro atoms. The summed E-state index contributed by atoms with van der Waals surface area (Å²) in [6.07, 6.45) is 10.7. The molecule has 0 unspecified atom stereocenters. The van der Waals surface area contributed by atoms with Gasteiger partial charge in [-0.05, 0) is 71.8 Å². The molecule has 1 aliphatic heterocycles. The molecule has 1 saturated carbocycles. The molecule has 2 aromatic heterocycles. The maximum atomic E-state index is 13.5. The molecule has 1 aliphatic carbocycles. The lowest BCUT2D eigenvalue weighted by atomic mass is 9.78. The van der Waals surface area contributed by atoms with E-state index in [-0.39, 0.29) is 43.2 Å². The molecule has 50 heavy (non-hydrogen) atoms. The summed E-state index contributed by atoms with van der Waals surface area (Å²) in [5.74, 6) is 0.170. The number of nitrogens with zero attached hydrogens (tertiary/aromatic N) is 3. The minimum atomic E-state index is -0.912. The van der Waals surface area contributed by atoms with Crippen LogP contribution in [0.2, 0.25) is 0 Å². The van der Waals surface area contributed by atoms with Gasteiger partial charge in [-0.15, -0.1) is 11.3 Å². The molecule has 0 bridgehead atoms. The minimum absolute atomic E-state index is 0.00552. The monoisotopic (exact) mass is 692 g/mol. The molecule has 262 valence electrons. The summed E-state index contributed by atoms with van der Waals surface area (Å²) in [5, 5.41) is 12.3. The Morgan fingerprint density at radius 2 is 1.52 bits per heavy atom. The average molecular weight is 693 g/mol. The van der Waals surface area contributed by atoms with E-state index in [0.29, 0.717) is 11.7 Å². The molecule has 9 heteroatoms. The van der Waals surface area contributed by atoms with Gasteiger partial charge in [0, 0.05) is 52.8 Å². The van der Waals surface area contributed by atoms with E-state index < -0.39 is 17.9 Å². The first kappa shape index (κ1) is 35.5. The zero-order chi connectivity index (χ0) is 35.4. The van der Waals surface area contributed by atoms with Crippen LogP contribution in [0.5, 0.6) is 0 Å². The normalized spacial score (nSPS) is 18.7. The highest BCUT2D eigenvalue weighted by atomic mass is 32.1. The maximum absolute atomic E-state index is 13.5. The van der Waals surface area contributed by atoms with Crippen molar-refractivity contribution in [2.45, 2.75) is 90.0 Å². The van der Waals surface area contributed by atoms with Crippen molar-refractivity contribution >= 4 is 29.1 Å². The third kappa shape index (κ3) is 8.49. The van der Waals surface area contributed by atoms with Gasteiger partial charge < -0.3 is 15.3 Å². The van der Waals surface area contributed by atoms with Crippen molar-refractivity contribution in [3.05, 3.63) is 93.9 Å². The number of thiophene rings is 1.